The maximum atomic E-state index is 13.1. The Morgan fingerprint density at radius 3 is 2.52 bits per heavy atom. The zero-order valence-electron chi connectivity index (χ0n) is 13.2. The predicted octanol–water partition coefficient (Wildman–Crippen LogP) is 3.79. The van der Waals surface area contributed by atoms with E-state index in [9.17, 15) is 18.4 Å². The van der Waals surface area contributed by atoms with Gasteiger partial charge in [-0.2, -0.15) is 0 Å². The molecule has 0 bridgehead atoms. The van der Waals surface area contributed by atoms with Gasteiger partial charge in [0.15, 0.2) is 11.6 Å². The third kappa shape index (κ3) is 4.36. The Morgan fingerprint density at radius 2 is 1.88 bits per heavy atom. The summed E-state index contributed by atoms with van der Waals surface area (Å²) in [4.78, 5) is 25.7. The SMILES string of the molecule is O=C(CSc1ccc(F)c(F)c1)Oc1ccc(N2CCCC2=O)cc1. The minimum absolute atomic E-state index is 0.0303. The molecule has 2 aromatic rings. The first-order chi connectivity index (χ1) is 12.0. The summed E-state index contributed by atoms with van der Waals surface area (Å²) >= 11 is 1.06. The molecule has 7 heteroatoms. The van der Waals surface area contributed by atoms with Gasteiger partial charge in [-0.05, 0) is 48.9 Å². The largest absolute Gasteiger partial charge is 0.426 e. The van der Waals surface area contributed by atoms with Gasteiger partial charge in [-0.3, -0.25) is 9.59 Å². The summed E-state index contributed by atoms with van der Waals surface area (Å²) < 4.78 is 31.2. The molecule has 1 fully saturated rings. The number of anilines is 1. The van der Waals surface area contributed by atoms with Gasteiger partial charge >= 0.3 is 5.97 Å². The first kappa shape index (κ1) is 17.4. The van der Waals surface area contributed by atoms with Crippen molar-refractivity contribution in [1.29, 1.82) is 0 Å². The summed E-state index contributed by atoms with van der Waals surface area (Å²) in [5.74, 6) is -1.95. The summed E-state index contributed by atoms with van der Waals surface area (Å²) in [6.45, 7) is 0.697. The monoisotopic (exact) mass is 363 g/mol. The van der Waals surface area contributed by atoms with Gasteiger partial charge in [-0.25, -0.2) is 8.78 Å². The Hall–Kier alpha value is -2.41. The third-order valence-electron chi connectivity index (χ3n) is 3.70. The Kier molecular flexibility index (Phi) is 5.33. The molecule has 2 aromatic carbocycles. The third-order valence-corrected chi connectivity index (χ3v) is 4.67. The zero-order valence-corrected chi connectivity index (χ0v) is 14.0. The lowest BCUT2D eigenvalue weighted by Crippen LogP contribution is -2.23. The van der Waals surface area contributed by atoms with Crippen LogP contribution in [0, 0.1) is 11.6 Å². The molecule has 4 nitrogen and oxygen atoms in total. The van der Waals surface area contributed by atoms with Gasteiger partial charge in [-0.1, -0.05) is 0 Å². The first-order valence-electron chi connectivity index (χ1n) is 7.72. The number of carbonyl (C=O) groups excluding carboxylic acids is 2. The number of carbonyl (C=O) groups is 2. The molecule has 0 atom stereocenters. The number of benzene rings is 2. The Labute approximate surface area is 147 Å². The smallest absolute Gasteiger partial charge is 0.321 e. The Balaban J connectivity index is 1.54. The number of hydrogen-bond donors (Lipinski definition) is 0. The molecule has 130 valence electrons. The minimum Gasteiger partial charge on any atom is -0.426 e. The summed E-state index contributed by atoms with van der Waals surface area (Å²) in [6.07, 6.45) is 1.40. The second-order valence-electron chi connectivity index (χ2n) is 5.48. The van der Waals surface area contributed by atoms with Crippen molar-refractivity contribution in [2.75, 3.05) is 17.2 Å². The molecular formula is C18H15F2NO3S. The lowest BCUT2D eigenvalue weighted by atomic mass is 10.3. The summed E-state index contributed by atoms with van der Waals surface area (Å²) in [5, 5.41) is 0. The van der Waals surface area contributed by atoms with Crippen LogP contribution in [0.5, 0.6) is 5.75 Å². The van der Waals surface area contributed by atoms with Crippen LogP contribution in [0.2, 0.25) is 0 Å². The highest BCUT2D eigenvalue weighted by atomic mass is 32.2. The van der Waals surface area contributed by atoms with E-state index < -0.39 is 17.6 Å². The van der Waals surface area contributed by atoms with Crippen molar-refractivity contribution in [2.45, 2.75) is 17.7 Å². The molecule has 25 heavy (non-hydrogen) atoms. The number of amides is 1. The van der Waals surface area contributed by atoms with Gasteiger partial charge in [0.05, 0.1) is 5.75 Å². The standard InChI is InChI=1S/C18H15F2NO3S/c19-15-8-7-14(10-16(15)20)25-11-18(23)24-13-5-3-12(4-6-13)21-9-1-2-17(21)22/h3-8,10H,1-2,9,11H2. The molecule has 0 aliphatic carbocycles. The number of ether oxygens (including phenoxy) is 1. The molecule has 1 saturated heterocycles. The number of nitrogens with zero attached hydrogens (tertiary/aromatic N) is 1. The number of thioether (sulfide) groups is 1. The van der Waals surface area contributed by atoms with Crippen molar-refractivity contribution in [3.8, 4) is 5.75 Å². The molecule has 0 N–H and O–H groups in total. The van der Waals surface area contributed by atoms with Gasteiger partial charge in [0.25, 0.3) is 0 Å². The van der Waals surface area contributed by atoms with E-state index in [-0.39, 0.29) is 11.7 Å². The number of hydrogen-bond acceptors (Lipinski definition) is 4. The van der Waals surface area contributed by atoms with Crippen molar-refractivity contribution in [2.24, 2.45) is 0 Å². The minimum atomic E-state index is -0.953. The van der Waals surface area contributed by atoms with E-state index >= 15 is 0 Å². The van der Waals surface area contributed by atoms with Gasteiger partial charge in [0.1, 0.15) is 5.75 Å². The van der Waals surface area contributed by atoms with Gasteiger partial charge in [0.2, 0.25) is 5.91 Å². The molecule has 1 aliphatic rings. The summed E-state index contributed by atoms with van der Waals surface area (Å²) in [5.41, 5.74) is 0.776. The highest BCUT2D eigenvalue weighted by Gasteiger charge is 2.21. The van der Waals surface area contributed by atoms with E-state index in [1.165, 1.54) is 6.07 Å². The highest BCUT2D eigenvalue weighted by Crippen LogP contribution is 2.25. The van der Waals surface area contributed by atoms with Crippen molar-refractivity contribution < 1.29 is 23.1 Å². The van der Waals surface area contributed by atoms with E-state index in [1.807, 2.05) is 0 Å². The van der Waals surface area contributed by atoms with Gasteiger partial charge in [0, 0.05) is 23.5 Å². The van der Waals surface area contributed by atoms with E-state index in [4.69, 9.17) is 4.74 Å². The van der Waals surface area contributed by atoms with Crippen LogP contribution >= 0.6 is 11.8 Å². The fourth-order valence-electron chi connectivity index (χ4n) is 2.49. The molecule has 0 saturated carbocycles. The van der Waals surface area contributed by atoms with Crippen LogP contribution in [0.3, 0.4) is 0 Å². The average molecular weight is 363 g/mol. The molecule has 0 radical (unpaired) electrons. The van der Waals surface area contributed by atoms with E-state index in [0.717, 1.165) is 36.0 Å². The topological polar surface area (TPSA) is 46.6 Å². The highest BCUT2D eigenvalue weighted by molar-refractivity contribution is 8.00. The quantitative estimate of drug-likeness (QED) is 0.461. The van der Waals surface area contributed by atoms with Crippen LogP contribution < -0.4 is 9.64 Å². The lowest BCUT2D eigenvalue weighted by Gasteiger charge is -2.15. The normalized spacial score (nSPS) is 14.0. The van der Waals surface area contributed by atoms with Crippen LogP contribution in [-0.2, 0) is 9.59 Å². The van der Waals surface area contributed by atoms with Crippen LogP contribution in [0.1, 0.15) is 12.8 Å². The molecule has 0 spiro atoms. The van der Waals surface area contributed by atoms with Crippen LogP contribution in [0.15, 0.2) is 47.4 Å². The van der Waals surface area contributed by atoms with E-state index in [1.54, 1.807) is 29.2 Å². The molecule has 0 unspecified atom stereocenters. The van der Waals surface area contributed by atoms with E-state index in [2.05, 4.69) is 0 Å². The lowest BCUT2D eigenvalue weighted by molar-refractivity contribution is -0.131. The fourth-order valence-corrected chi connectivity index (χ4v) is 3.18. The second kappa shape index (κ2) is 7.65. The number of halogens is 2. The molecule has 3 rings (SSSR count). The maximum Gasteiger partial charge on any atom is 0.321 e. The second-order valence-corrected chi connectivity index (χ2v) is 6.53. The van der Waals surface area contributed by atoms with Crippen molar-refractivity contribution >= 4 is 29.3 Å². The van der Waals surface area contributed by atoms with Crippen molar-refractivity contribution in [1.82, 2.24) is 0 Å². The van der Waals surface area contributed by atoms with Crippen LogP contribution in [0.25, 0.3) is 0 Å². The molecule has 0 aromatic heterocycles. The van der Waals surface area contributed by atoms with Crippen LogP contribution in [-0.4, -0.2) is 24.2 Å². The van der Waals surface area contributed by atoms with Crippen molar-refractivity contribution in [3.05, 3.63) is 54.1 Å². The Morgan fingerprint density at radius 1 is 1.12 bits per heavy atom. The molecule has 1 heterocycles. The average Bonchev–Trinajstić information content (AvgIpc) is 3.03. The predicted molar refractivity (Wildman–Crippen MR) is 90.7 cm³/mol. The first-order valence-corrected chi connectivity index (χ1v) is 8.70. The maximum absolute atomic E-state index is 13.1. The Bertz CT molecular complexity index is 795. The molecule has 1 aliphatic heterocycles. The van der Waals surface area contributed by atoms with Gasteiger partial charge < -0.3 is 9.64 Å². The molecule has 1 amide bonds. The number of rotatable bonds is 5. The fraction of sp³-hybridized carbons (Fsp3) is 0.222. The summed E-state index contributed by atoms with van der Waals surface area (Å²) in [6, 6.07) is 10.2. The summed E-state index contributed by atoms with van der Waals surface area (Å²) in [7, 11) is 0. The van der Waals surface area contributed by atoms with Crippen molar-refractivity contribution in [3.63, 3.8) is 0 Å². The number of esters is 1. The molecular weight excluding hydrogens is 348 g/mol. The van der Waals surface area contributed by atoms with E-state index in [0.29, 0.717) is 23.6 Å². The van der Waals surface area contributed by atoms with Gasteiger partial charge in [-0.15, -0.1) is 11.8 Å². The van der Waals surface area contributed by atoms with Crippen LogP contribution in [0.4, 0.5) is 14.5 Å². The zero-order chi connectivity index (χ0) is 17.8.